The molecule has 0 radical (unpaired) electrons. The fraction of sp³-hybridized carbons (Fsp3) is 0.500. The highest BCUT2D eigenvalue weighted by atomic mass is 32.2. The summed E-state index contributed by atoms with van der Waals surface area (Å²) in [6.07, 6.45) is 3.66. The van der Waals surface area contributed by atoms with E-state index in [-0.39, 0.29) is 6.61 Å². The molecular weight excluding hydrogens is 228 g/mol. The van der Waals surface area contributed by atoms with Crippen LogP contribution in [0.4, 0.5) is 0 Å². The van der Waals surface area contributed by atoms with Crippen LogP contribution in [0.3, 0.4) is 0 Å². The number of aromatic nitrogens is 6. The maximum absolute atomic E-state index is 8.80. The van der Waals surface area contributed by atoms with E-state index in [1.807, 2.05) is 16.9 Å². The minimum Gasteiger partial charge on any atom is -0.394 e. The van der Waals surface area contributed by atoms with E-state index in [1.165, 1.54) is 0 Å². The molecule has 0 spiro atoms. The topological polar surface area (TPSA) is 81.6 Å². The molecule has 0 atom stereocenters. The van der Waals surface area contributed by atoms with Crippen LogP contribution >= 0.6 is 11.8 Å². The molecule has 0 saturated carbocycles. The highest BCUT2D eigenvalue weighted by Crippen LogP contribution is 2.13. The number of aliphatic hydroxyl groups excluding tert-OH is 1. The largest absolute Gasteiger partial charge is 0.394 e. The van der Waals surface area contributed by atoms with E-state index in [4.69, 9.17) is 5.11 Å². The number of tetrazole rings is 1. The predicted octanol–water partition coefficient (Wildman–Crippen LogP) is -0.346. The first-order valence-corrected chi connectivity index (χ1v) is 5.86. The van der Waals surface area contributed by atoms with Crippen LogP contribution in [-0.2, 0) is 13.1 Å². The van der Waals surface area contributed by atoms with Crippen LogP contribution in [-0.4, -0.2) is 47.5 Å². The summed E-state index contributed by atoms with van der Waals surface area (Å²) in [5.74, 6) is 0.841. The number of hydrogen-bond acceptors (Lipinski definition) is 6. The second-order valence-electron chi connectivity index (χ2n) is 3.03. The van der Waals surface area contributed by atoms with Crippen LogP contribution in [0.2, 0.25) is 0 Å². The lowest BCUT2D eigenvalue weighted by atomic mass is 10.7. The zero-order valence-electron chi connectivity index (χ0n) is 8.60. The van der Waals surface area contributed by atoms with Crippen LogP contribution in [0.1, 0.15) is 0 Å². The zero-order chi connectivity index (χ0) is 11.2. The van der Waals surface area contributed by atoms with Crippen molar-refractivity contribution >= 4 is 11.8 Å². The van der Waals surface area contributed by atoms with Crippen LogP contribution in [0.25, 0.3) is 0 Å². The molecule has 0 aliphatic rings. The van der Waals surface area contributed by atoms with E-state index in [1.54, 1.807) is 22.6 Å². The lowest BCUT2D eigenvalue weighted by Gasteiger charge is -2.02. The van der Waals surface area contributed by atoms with Crippen molar-refractivity contribution in [3.63, 3.8) is 0 Å². The van der Waals surface area contributed by atoms with Crippen molar-refractivity contribution in [3.05, 3.63) is 18.5 Å². The number of aliphatic hydroxyl groups is 1. The van der Waals surface area contributed by atoms with Gasteiger partial charge in [0.1, 0.15) is 0 Å². The van der Waals surface area contributed by atoms with Gasteiger partial charge in [0.2, 0.25) is 5.16 Å². The predicted molar refractivity (Wildman–Crippen MR) is 57.9 cm³/mol. The summed E-state index contributed by atoms with van der Waals surface area (Å²) < 4.78 is 3.45. The number of thioether (sulfide) groups is 1. The Labute approximate surface area is 96.5 Å². The molecule has 2 aromatic rings. The molecule has 0 aromatic carbocycles. The Bertz CT molecular complexity index is 414. The van der Waals surface area contributed by atoms with Crippen LogP contribution in [0, 0.1) is 0 Å². The summed E-state index contributed by atoms with van der Waals surface area (Å²) in [6, 6.07) is 1.89. The van der Waals surface area contributed by atoms with Crippen LogP contribution in [0.15, 0.2) is 23.6 Å². The monoisotopic (exact) mass is 240 g/mol. The van der Waals surface area contributed by atoms with Gasteiger partial charge in [0, 0.05) is 18.1 Å². The minimum absolute atomic E-state index is 0.0394. The normalized spacial score (nSPS) is 10.8. The Kier molecular flexibility index (Phi) is 3.89. The molecular formula is C8H12N6OS. The van der Waals surface area contributed by atoms with Gasteiger partial charge in [-0.3, -0.25) is 4.68 Å². The quantitative estimate of drug-likeness (QED) is 0.695. The van der Waals surface area contributed by atoms with Gasteiger partial charge < -0.3 is 5.11 Å². The molecule has 7 nitrogen and oxygen atoms in total. The molecule has 1 N–H and O–H groups in total. The Morgan fingerprint density at radius 2 is 2.31 bits per heavy atom. The van der Waals surface area contributed by atoms with Crippen LogP contribution in [0.5, 0.6) is 0 Å². The molecule has 0 aliphatic heterocycles. The first kappa shape index (κ1) is 11.1. The highest BCUT2D eigenvalue weighted by molar-refractivity contribution is 7.99. The van der Waals surface area contributed by atoms with Crippen molar-refractivity contribution in [2.24, 2.45) is 0 Å². The van der Waals surface area contributed by atoms with Crippen molar-refractivity contribution in [2.75, 3.05) is 12.4 Å². The summed E-state index contributed by atoms with van der Waals surface area (Å²) in [5, 5.41) is 24.8. The molecule has 0 aliphatic carbocycles. The number of hydrogen-bond donors (Lipinski definition) is 1. The Hall–Kier alpha value is -1.41. The minimum atomic E-state index is 0.0394. The van der Waals surface area contributed by atoms with Gasteiger partial charge in [-0.1, -0.05) is 11.8 Å². The SMILES string of the molecule is OCCn1nnnc1SCCn1cccn1. The Morgan fingerprint density at radius 3 is 3.06 bits per heavy atom. The van der Waals surface area contributed by atoms with E-state index in [0.29, 0.717) is 6.54 Å². The molecule has 0 unspecified atom stereocenters. The molecule has 0 saturated heterocycles. The average molecular weight is 240 g/mol. The van der Waals surface area contributed by atoms with Gasteiger partial charge in [0.05, 0.1) is 19.7 Å². The third-order valence-electron chi connectivity index (χ3n) is 1.92. The summed E-state index contributed by atoms with van der Waals surface area (Å²) in [7, 11) is 0. The molecule has 16 heavy (non-hydrogen) atoms. The summed E-state index contributed by atoms with van der Waals surface area (Å²) in [6.45, 7) is 1.28. The van der Waals surface area contributed by atoms with Crippen molar-refractivity contribution in [2.45, 2.75) is 18.2 Å². The third-order valence-corrected chi connectivity index (χ3v) is 2.86. The van der Waals surface area contributed by atoms with Gasteiger partial charge in [0.15, 0.2) is 0 Å². The van der Waals surface area contributed by atoms with Gasteiger partial charge in [0.25, 0.3) is 0 Å². The molecule has 86 valence electrons. The van der Waals surface area contributed by atoms with E-state index < -0.39 is 0 Å². The fourth-order valence-electron chi connectivity index (χ4n) is 1.20. The number of aryl methyl sites for hydroxylation is 1. The summed E-state index contributed by atoms with van der Waals surface area (Å²) >= 11 is 1.55. The fourth-order valence-corrected chi connectivity index (χ4v) is 2.03. The number of rotatable bonds is 6. The smallest absolute Gasteiger partial charge is 0.209 e. The van der Waals surface area contributed by atoms with E-state index in [9.17, 15) is 0 Å². The van der Waals surface area contributed by atoms with Gasteiger partial charge in [-0.25, -0.2) is 4.68 Å². The van der Waals surface area contributed by atoms with Crippen molar-refractivity contribution in [1.29, 1.82) is 0 Å². The lowest BCUT2D eigenvalue weighted by Crippen LogP contribution is -2.07. The van der Waals surface area contributed by atoms with Crippen LogP contribution < -0.4 is 0 Å². The van der Waals surface area contributed by atoms with Crippen molar-refractivity contribution in [1.82, 2.24) is 30.0 Å². The van der Waals surface area contributed by atoms with E-state index in [0.717, 1.165) is 17.5 Å². The third kappa shape index (κ3) is 2.80. The summed E-state index contributed by atoms with van der Waals surface area (Å²) in [4.78, 5) is 0. The second-order valence-corrected chi connectivity index (χ2v) is 4.09. The Balaban J connectivity index is 1.82. The maximum atomic E-state index is 8.80. The maximum Gasteiger partial charge on any atom is 0.209 e. The average Bonchev–Trinajstić information content (AvgIpc) is 2.91. The molecule has 2 rings (SSSR count). The number of nitrogens with zero attached hydrogens (tertiary/aromatic N) is 6. The lowest BCUT2D eigenvalue weighted by molar-refractivity contribution is 0.262. The first-order chi connectivity index (χ1) is 7.90. The molecule has 0 bridgehead atoms. The van der Waals surface area contributed by atoms with Gasteiger partial charge in [-0.15, -0.1) is 5.10 Å². The van der Waals surface area contributed by atoms with Gasteiger partial charge in [-0.2, -0.15) is 5.10 Å². The Morgan fingerprint density at radius 1 is 1.38 bits per heavy atom. The van der Waals surface area contributed by atoms with Crippen molar-refractivity contribution < 1.29 is 5.11 Å². The molecule has 0 fully saturated rings. The molecule has 2 heterocycles. The standard InChI is InChI=1S/C8H12N6OS/c15-6-4-14-8(10-11-12-14)16-7-5-13-3-1-2-9-13/h1-3,15H,4-7H2. The molecule has 8 heteroatoms. The van der Waals surface area contributed by atoms with Gasteiger partial charge >= 0.3 is 0 Å². The van der Waals surface area contributed by atoms with Crippen molar-refractivity contribution in [3.8, 4) is 0 Å². The summed E-state index contributed by atoms with van der Waals surface area (Å²) in [5.41, 5.74) is 0. The zero-order valence-corrected chi connectivity index (χ0v) is 9.42. The highest BCUT2D eigenvalue weighted by Gasteiger charge is 2.05. The van der Waals surface area contributed by atoms with Gasteiger partial charge in [-0.05, 0) is 16.5 Å². The molecule has 2 aromatic heterocycles. The van der Waals surface area contributed by atoms with E-state index >= 15 is 0 Å². The first-order valence-electron chi connectivity index (χ1n) is 4.87. The molecule has 0 amide bonds. The second kappa shape index (κ2) is 5.61. The van der Waals surface area contributed by atoms with E-state index in [2.05, 4.69) is 20.6 Å².